The Kier molecular flexibility index (Phi) is 3.60. The second kappa shape index (κ2) is 4.83. The van der Waals surface area contributed by atoms with E-state index in [4.69, 9.17) is 9.47 Å². The molecular formula is C13H19O3P. The lowest BCUT2D eigenvalue weighted by atomic mass is 10.2. The predicted molar refractivity (Wildman–Crippen MR) is 70.1 cm³/mol. The largest absolute Gasteiger partial charge is 0.488 e. The van der Waals surface area contributed by atoms with Gasteiger partial charge in [0.25, 0.3) is 0 Å². The molecule has 0 amide bonds. The first-order valence-corrected chi connectivity index (χ1v) is 8.47. The van der Waals surface area contributed by atoms with E-state index in [-0.39, 0.29) is 6.10 Å². The molecule has 1 atom stereocenters. The second-order valence-electron chi connectivity index (χ2n) is 4.90. The van der Waals surface area contributed by atoms with Crippen LogP contribution in [0.15, 0.2) is 18.2 Å². The summed E-state index contributed by atoms with van der Waals surface area (Å²) in [7, 11) is -2.24. The highest BCUT2D eigenvalue weighted by molar-refractivity contribution is 7.70. The lowest BCUT2D eigenvalue weighted by Gasteiger charge is -2.16. The highest BCUT2D eigenvalue weighted by atomic mass is 31.2. The average molecular weight is 254 g/mol. The van der Waals surface area contributed by atoms with Crippen molar-refractivity contribution < 1.29 is 14.0 Å². The molecule has 0 saturated carbocycles. The molecule has 1 unspecified atom stereocenters. The Bertz CT molecular complexity index is 444. The molecule has 2 rings (SSSR count). The molecule has 1 aliphatic heterocycles. The molecule has 0 N–H and O–H groups in total. The quantitative estimate of drug-likeness (QED) is 0.777. The maximum Gasteiger partial charge on any atom is 0.124 e. The third kappa shape index (κ3) is 3.11. The summed E-state index contributed by atoms with van der Waals surface area (Å²) >= 11 is 0. The molecule has 0 radical (unpaired) electrons. The van der Waals surface area contributed by atoms with Gasteiger partial charge in [0.1, 0.15) is 19.0 Å². The van der Waals surface area contributed by atoms with Crippen molar-refractivity contribution in [2.75, 3.05) is 26.5 Å². The van der Waals surface area contributed by atoms with Gasteiger partial charge in [-0.3, -0.25) is 0 Å². The van der Waals surface area contributed by atoms with E-state index >= 15 is 0 Å². The first kappa shape index (κ1) is 12.7. The van der Waals surface area contributed by atoms with E-state index in [0.717, 1.165) is 29.6 Å². The molecule has 1 aromatic rings. The minimum atomic E-state index is -2.24. The zero-order valence-electron chi connectivity index (χ0n) is 10.6. The minimum absolute atomic E-state index is 0.138. The highest BCUT2D eigenvalue weighted by Crippen LogP contribution is 2.37. The van der Waals surface area contributed by atoms with Crippen LogP contribution < -0.4 is 10.0 Å². The van der Waals surface area contributed by atoms with Crippen LogP contribution in [0, 0.1) is 6.92 Å². The van der Waals surface area contributed by atoms with E-state index in [1.54, 1.807) is 13.3 Å². The molecule has 1 heterocycles. The van der Waals surface area contributed by atoms with Gasteiger partial charge in [-0.15, -0.1) is 0 Å². The number of ether oxygens (including phenoxy) is 2. The van der Waals surface area contributed by atoms with Crippen LogP contribution in [-0.2, 0) is 9.30 Å². The Morgan fingerprint density at radius 2 is 2.18 bits per heavy atom. The van der Waals surface area contributed by atoms with Gasteiger partial charge in [-0.2, -0.15) is 0 Å². The summed E-state index contributed by atoms with van der Waals surface area (Å²) < 4.78 is 23.2. The maximum atomic E-state index is 12.1. The fourth-order valence-electron chi connectivity index (χ4n) is 2.04. The molecule has 0 aromatic heterocycles. The van der Waals surface area contributed by atoms with Crippen molar-refractivity contribution >= 4 is 12.4 Å². The third-order valence-corrected chi connectivity index (χ3v) is 4.59. The van der Waals surface area contributed by atoms with Gasteiger partial charge < -0.3 is 14.0 Å². The van der Waals surface area contributed by atoms with Crippen molar-refractivity contribution in [3.63, 3.8) is 0 Å². The summed E-state index contributed by atoms with van der Waals surface area (Å²) in [5, 5.41) is 0.911. The molecule has 94 valence electrons. The summed E-state index contributed by atoms with van der Waals surface area (Å²) in [6.45, 7) is 6.98. The highest BCUT2D eigenvalue weighted by Gasteiger charge is 2.19. The van der Waals surface area contributed by atoms with Crippen molar-refractivity contribution in [2.24, 2.45) is 0 Å². The summed E-state index contributed by atoms with van der Waals surface area (Å²) in [5.74, 6) is 0.796. The zero-order chi connectivity index (χ0) is 12.5. The molecule has 17 heavy (non-hydrogen) atoms. The van der Waals surface area contributed by atoms with Crippen molar-refractivity contribution in [3.8, 4) is 5.75 Å². The Hall–Kier alpha value is -0.790. The minimum Gasteiger partial charge on any atom is -0.488 e. The van der Waals surface area contributed by atoms with Crippen molar-refractivity contribution in [2.45, 2.75) is 19.4 Å². The number of benzene rings is 1. The maximum absolute atomic E-state index is 12.1. The topological polar surface area (TPSA) is 35.5 Å². The summed E-state index contributed by atoms with van der Waals surface area (Å²) in [4.78, 5) is 0. The van der Waals surface area contributed by atoms with Gasteiger partial charge in [-0.05, 0) is 37.9 Å². The zero-order valence-corrected chi connectivity index (χ0v) is 11.5. The van der Waals surface area contributed by atoms with E-state index in [9.17, 15) is 4.57 Å². The molecular weight excluding hydrogens is 235 g/mol. The van der Waals surface area contributed by atoms with E-state index in [0.29, 0.717) is 6.61 Å². The predicted octanol–water partition coefficient (Wildman–Crippen LogP) is 2.41. The number of rotatable bonds is 3. The molecule has 1 aliphatic rings. The molecule has 4 heteroatoms. The van der Waals surface area contributed by atoms with Crippen molar-refractivity contribution in [1.29, 1.82) is 0 Å². The summed E-state index contributed by atoms with van der Waals surface area (Å²) in [6.07, 6.45) is 1.07. The SMILES string of the molecule is Cc1ccc(OC2CCOC2)cc1P(C)(C)=O. The van der Waals surface area contributed by atoms with Gasteiger partial charge in [0.05, 0.1) is 13.2 Å². The fourth-order valence-corrected chi connectivity index (χ4v) is 3.40. The molecule has 0 spiro atoms. The monoisotopic (exact) mass is 254 g/mol. The molecule has 0 bridgehead atoms. The van der Waals surface area contributed by atoms with Gasteiger partial charge in [0, 0.05) is 11.7 Å². The molecule has 1 fully saturated rings. The van der Waals surface area contributed by atoms with Crippen molar-refractivity contribution in [3.05, 3.63) is 23.8 Å². The first-order valence-electron chi connectivity index (χ1n) is 5.87. The Morgan fingerprint density at radius 3 is 2.76 bits per heavy atom. The third-order valence-electron chi connectivity index (χ3n) is 2.95. The van der Waals surface area contributed by atoms with Gasteiger partial charge in [0.15, 0.2) is 0 Å². The van der Waals surface area contributed by atoms with Gasteiger partial charge in [-0.25, -0.2) is 0 Å². The molecule has 3 nitrogen and oxygen atoms in total. The summed E-state index contributed by atoms with van der Waals surface area (Å²) in [5.41, 5.74) is 1.06. The van der Waals surface area contributed by atoms with E-state index in [1.807, 2.05) is 25.1 Å². The van der Waals surface area contributed by atoms with Crippen LogP contribution in [-0.4, -0.2) is 32.6 Å². The van der Waals surface area contributed by atoms with Crippen LogP contribution in [0.5, 0.6) is 5.75 Å². The normalized spacial score (nSPS) is 20.5. The average Bonchev–Trinajstić information content (AvgIpc) is 2.72. The lowest BCUT2D eigenvalue weighted by molar-refractivity contribution is 0.141. The summed E-state index contributed by atoms with van der Waals surface area (Å²) in [6, 6.07) is 5.82. The Morgan fingerprint density at radius 1 is 1.41 bits per heavy atom. The van der Waals surface area contributed by atoms with Gasteiger partial charge in [0.2, 0.25) is 0 Å². The van der Waals surface area contributed by atoms with Crippen LogP contribution in [0.3, 0.4) is 0 Å². The number of aryl methyl sites for hydroxylation is 1. The lowest BCUT2D eigenvalue weighted by Crippen LogP contribution is -2.17. The van der Waals surface area contributed by atoms with Crippen LogP contribution in [0.25, 0.3) is 0 Å². The first-order chi connectivity index (χ1) is 7.97. The standard InChI is InChI=1S/C13H19O3P/c1-10-4-5-11(8-13(10)17(2,3)14)16-12-6-7-15-9-12/h4-5,8,12H,6-7,9H2,1-3H3. The second-order valence-corrected chi connectivity index (χ2v) is 8.09. The van der Waals surface area contributed by atoms with Gasteiger partial charge in [-0.1, -0.05) is 6.07 Å². The Labute approximate surface area is 102 Å². The molecule has 1 saturated heterocycles. The molecule has 1 aromatic carbocycles. The number of hydrogen-bond donors (Lipinski definition) is 0. The van der Waals surface area contributed by atoms with Crippen LogP contribution >= 0.6 is 7.14 Å². The van der Waals surface area contributed by atoms with E-state index in [2.05, 4.69) is 0 Å². The molecule has 0 aliphatic carbocycles. The van der Waals surface area contributed by atoms with Crippen molar-refractivity contribution in [1.82, 2.24) is 0 Å². The van der Waals surface area contributed by atoms with Crippen LogP contribution in [0.4, 0.5) is 0 Å². The fraction of sp³-hybridized carbons (Fsp3) is 0.538. The number of hydrogen-bond acceptors (Lipinski definition) is 3. The van der Waals surface area contributed by atoms with E-state index in [1.165, 1.54) is 0 Å². The van der Waals surface area contributed by atoms with E-state index < -0.39 is 7.14 Å². The van der Waals surface area contributed by atoms with Gasteiger partial charge >= 0.3 is 0 Å². The Balaban J connectivity index is 2.21. The van der Waals surface area contributed by atoms with Crippen LogP contribution in [0.2, 0.25) is 0 Å². The smallest absolute Gasteiger partial charge is 0.124 e. The van der Waals surface area contributed by atoms with Crippen LogP contribution in [0.1, 0.15) is 12.0 Å².